The number of hydrogen-bond donors (Lipinski definition) is 1. The molecule has 1 N–H and O–H groups in total. The van der Waals surface area contributed by atoms with Gasteiger partial charge < -0.3 is 10.0 Å². The second-order valence-electron chi connectivity index (χ2n) is 4.73. The number of aromatic nitrogens is 2. The van der Waals surface area contributed by atoms with E-state index in [9.17, 15) is 4.79 Å². The fourth-order valence-electron chi connectivity index (χ4n) is 1.95. The zero-order valence-corrected chi connectivity index (χ0v) is 11.8. The molecule has 0 aliphatic carbocycles. The number of benzene rings is 1. The maximum atomic E-state index is 12.3. The number of aliphatic hydroxyl groups excluding tert-OH is 1. The monoisotopic (exact) mass is 273 g/mol. The highest BCUT2D eigenvalue weighted by atomic mass is 16.3. The Balaban J connectivity index is 2.09. The van der Waals surface area contributed by atoms with Crippen molar-refractivity contribution in [3.63, 3.8) is 0 Å². The molecular weight excluding hydrogens is 254 g/mol. The van der Waals surface area contributed by atoms with Gasteiger partial charge in [-0.25, -0.2) is 4.79 Å². The predicted molar refractivity (Wildman–Crippen MR) is 76.2 cm³/mol. The third-order valence-corrected chi connectivity index (χ3v) is 3.14. The minimum absolute atomic E-state index is 0.0310. The lowest BCUT2D eigenvalue weighted by Gasteiger charge is -2.20. The number of amides is 1. The number of hydrogen-bond acceptors (Lipinski definition) is 3. The van der Waals surface area contributed by atoms with Crippen LogP contribution in [0.25, 0.3) is 0 Å². The van der Waals surface area contributed by atoms with Gasteiger partial charge in [0.05, 0.1) is 12.8 Å². The molecule has 20 heavy (non-hydrogen) atoms. The van der Waals surface area contributed by atoms with Crippen LogP contribution in [0.5, 0.6) is 0 Å². The Morgan fingerprint density at radius 1 is 1.30 bits per heavy atom. The number of nitrogens with zero attached hydrogens (tertiary/aromatic N) is 3. The summed E-state index contributed by atoms with van der Waals surface area (Å²) in [5, 5.41) is 13.1. The van der Waals surface area contributed by atoms with Crippen molar-refractivity contribution in [3.05, 3.63) is 53.3 Å². The van der Waals surface area contributed by atoms with Crippen molar-refractivity contribution in [2.24, 2.45) is 0 Å². The molecule has 0 atom stereocenters. The summed E-state index contributed by atoms with van der Waals surface area (Å²) in [4.78, 5) is 14.0. The summed E-state index contributed by atoms with van der Waals surface area (Å²) in [6.45, 7) is 5.01. The van der Waals surface area contributed by atoms with Crippen LogP contribution in [0.2, 0.25) is 0 Å². The average Bonchev–Trinajstić information content (AvgIpc) is 2.91. The van der Waals surface area contributed by atoms with E-state index in [0.29, 0.717) is 13.1 Å². The van der Waals surface area contributed by atoms with E-state index in [-0.39, 0.29) is 12.6 Å². The van der Waals surface area contributed by atoms with Gasteiger partial charge >= 0.3 is 6.03 Å². The van der Waals surface area contributed by atoms with Gasteiger partial charge in [0.2, 0.25) is 0 Å². The highest BCUT2D eigenvalue weighted by molar-refractivity contribution is 5.76. The molecule has 5 heteroatoms. The van der Waals surface area contributed by atoms with Crippen LogP contribution in [-0.4, -0.2) is 32.4 Å². The number of carbonyl (C=O) groups excluding carboxylic acids is 1. The van der Waals surface area contributed by atoms with Crippen LogP contribution < -0.4 is 0 Å². The summed E-state index contributed by atoms with van der Waals surface area (Å²) in [5.41, 5.74) is 2.86. The maximum Gasteiger partial charge on any atom is 0.344 e. The molecule has 0 radical (unpaired) electrons. The Bertz CT molecular complexity index is 575. The molecule has 0 unspecified atom stereocenters. The van der Waals surface area contributed by atoms with E-state index < -0.39 is 0 Å². The summed E-state index contributed by atoms with van der Waals surface area (Å²) in [6.07, 6.45) is 3.39. The summed E-state index contributed by atoms with van der Waals surface area (Å²) < 4.78 is 1.36. The minimum atomic E-state index is -0.133. The SMILES string of the molecule is CCN(Cc1ccc(CO)cc1)C(=O)n1cc(C)cn1. The quantitative estimate of drug-likeness (QED) is 0.928. The van der Waals surface area contributed by atoms with Crippen LogP contribution in [0.4, 0.5) is 4.79 Å². The van der Waals surface area contributed by atoms with E-state index in [1.54, 1.807) is 17.3 Å². The Labute approximate surface area is 118 Å². The fraction of sp³-hybridized carbons (Fsp3) is 0.333. The van der Waals surface area contributed by atoms with Gasteiger partial charge in [-0.15, -0.1) is 0 Å². The second-order valence-corrected chi connectivity index (χ2v) is 4.73. The standard InChI is InChI=1S/C15H19N3O2/c1-3-17(15(20)18-9-12(2)8-16-18)10-13-4-6-14(11-19)7-5-13/h4-9,19H,3,10-11H2,1-2H3. The van der Waals surface area contributed by atoms with Crippen molar-refractivity contribution in [1.82, 2.24) is 14.7 Å². The average molecular weight is 273 g/mol. The fourth-order valence-corrected chi connectivity index (χ4v) is 1.95. The number of aryl methyl sites for hydroxylation is 1. The molecule has 0 aliphatic rings. The van der Waals surface area contributed by atoms with Gasteiger partial charge in [0.15, 0.2) is 0 Å². The van der Waals surface area contributed by atoms with E-state index in [2.05, 4.69) is 5.10 Å². The van der Waals surface area contributed by atoms with E-state index in [1.807, 2.05) is 38.1 Å². The molecule has 0 saturated carbocycles. The molecule has 0 fully saturated rings. The van der Waals surface area contributed by atoms with Crippen molar-refractivity contribution in [2.75, 3.05) is 6.54 Å². The van der Waals surface area contributed by atoms with Gasteiger partial charge in [-0.3, -0.25) is 0 Å². The zero-order chi connectivity index (χ0) is 14.5. The first kappa shape index (κ1) is 14.3. The summed E-state index contributed by atoms with van der Waals surface area (Å²) in [5.74, 6) is 0. The molecule has 0 spiro atoms. The van der Waals surface area contributed by atoms with Crippen LogP contribution in [0.15, 0.2) is 36.7 Å². The van der Waals surface area contributed by atoms with Crippen molar-refractivity contribution >= 4 is 6.03 Å². The van der Waals surface area contributed by atoms with Gasteiger partial charge in [0.1, 0.15) is 0 Å². The van der Waals surface area contributed by atoms with E-state index in [4.69, 9.17) is 5.11 Å². The normalized spacial score (nSPS) is 10.6. The Hall–Kier alpha value is -2.14. The van der Waals surface area contributed by atoms with Crippen LogP contribution in [0, 0.1) is 6.92 Å². The van der Waals surface area contributed by atoms with Gasteiger partial charge in [0.25, 0.3) is 0 Å². The van der Waals surface area contributed by atoms with Crippen LogP contribution in [-0.2, 0) is 13.2 Å². The third-order valence-electron chi connectivity index (χ3n) is 3.14. The highest BCUT2D eigenvalue weighted by Crippen LogP contribution is 2.09. The second kappa shape index (κ2) is 6.34. The molecular formula is C15H19N3O2. The Kier molecular flexibility index (Phi) is 4.53. The largest absolute Gasteiger partial charge is 0.392 e. The molecule has 1 aromatic heterocycles. The molecule has 1 heterocycles. The van der Waals surface area contributed by atoms with Crippen LogP contribution in [0.3, 0.4) is 0 Å². The van der Waals surface area contributed by atoms with E-state index >= 15 is 0 Å². The number of carbonyl (C=O) groups is 1. The van der Waals surface area contributed by atoms with Gasteiger partial charge in [0, 0.05) is 19.3 Å². The topological polar surface area (TPSA) is 58.4 Å². The predicted octanol–water partition coefficient (Wildman–Crippen LogP) is 2.17. The molecule has 5 nitrogen and oxygen atoms in total. The molecule has 106 valence electrons. The number of aliphatic hydroxyl groups is 1. The van der Waals surface area contributed by atoms with Gasteiger partial charge in [-0.1, -0.05) is 24.3 Å². The van der Waals surface area contributed by atoms with Gasteiger partial charge in [-0.2, -0.15) is 9.78 Å². The molecule has 2 rings (SSSR count). The molecule has 1 amide bonds. The first-order valence-corrected chi connectivity index (χ1v) is 6.63. The van der Waals surface area contributed by atoms with E-state index in [1.165, 1.54) is 4.68 Å². The lowest BCUT2D eigenvalue weighted by atomic mass is 10.1. The molecule has 0 bridgehead atoms. The first-order valence-electron chi connectivity index (χ1n) is 6.63. The molecule has 0 saturated heterocycles. The number of rotatable bonds is 4. The van der Waals surface area contributed by atoms with Gasteiger partial charge in [-0.05, 0) is 30.5 Å². The van der Waals surface area contributed by atoms with Crippen molar-refractivity contribution in [1.29, 1.82) is 0 Å². The van der Waals surface area contributed by atoms with Crippen molar-refractivity contribution in [3.8, 4) is 0 Å². The Morgan fingerprint density at radius 3 is 2.45 bits per heavy atom. The van der Waals surface area contributed by atoms with Crippen LogP contribution in [0.1, 0.15) is 23.6 Å². The van der Waals surface area contributed by atoms with Crippen molar-refractivity contribution < 1.29 is 9.90 Å². The lowest BCUT2D eigenvalue weighted by Crippen LogP contribution is -2.34. The maximum absolute atomic E-state index is 12.3. The van der Waals surface area contributed by atoms with Crippen LogP contribution >= 0.6 is 0 Å². The first-order chi connectivity index (χ1) is 9.63. The smallest absolute Gasteiger partial charge is 0.344 e. The molecule has 0 aliphatic heterocycles. The Morgan fingerprint density at radius 2 is 1.95 bits per heavy atom. The zero-order valence-electron chi connectivity index (χ0n) is 11.8. The third kappa shape index (κ3) is 3.24. The summed E-state index contributed by atoms with van der Waals surface area (Å²) in [6, 6.07) is 7.45. The summed E-state index contributed by atoms with van der Waals surface area (Å²) in [7, 11) is 0. The highest BCUT2D eigenvalue weighted by Gasteiger charge is 2.14. The molecule has 2 aromatic rings. The van der Waals surface area contributed by atoms with E-state index in [0.717, 1.165) is 16.7 Å². The minimum Gasteiger partial charge on any atom is -0.392 e. The molecule has 1 aromatic carbocycles. The summed E-state index contributed by atoms with van der Waals surface area (Å²) >= 11 is 0. The van der Waals surface area contributed by atoms with Crippen molar-refractivity contribution in [2.45, 2.75) is 27.0 Å². The lowest BCUT2D eigenvalue weighted by molar-refractivity contribution is 0.196.